The number of carbonyl (C=O) groups excluding carboxylic acids is 1. The molecule has 0 saturated heterocycles. The molecular formula is C19H13NO3. The SMILES string of the molecule is O=C(O)Cc1cn(C(=O)C#Cc2ccccc2)c2ccccc12. The summed E-state index contributed by atoms with van der Waals surface area (Å²) in [6, 6.07) is 16.4. The Morgan fingerprint density at radius 2 is 1.70 bits per heavy atom. The number of carboxylic acids is 1. The maximum Gasteiger partial charge on any atom is 0.307 e. The van der Waals surface area contributed by atoms with E-state index in [9.17, 15) is 9.59 Å². The van der Waals surface area contributed by atoms with E-state index in [-0.39, 0.29) is 12.3 Å². The summed E-state index contributed by atoms with van der Waals surface area (Å²) < 4.78 is 1.41. The fraction of sp³-hybridized carbons (Fsp3) is 0.0526. The molecule has 0 amide bonds. The Morgan fingerprint density at radius 1 is 1.00 bits per heavy atom. The van der Waals surface area contributed by atoms with E-state index in [4.69, 9.17) is 5.11 Å². The molecule has 0 radical (unpaired) electrons. The quantitative estimate of drug-likeness (QED) is 0.740. The number of aliphatic carboxylic acids is 1. The molecule has 4 nitrogen and oxygen atoms in total. The van der Waals surface area contributed by atoms with Gasteiger partial charge in [0.05, 0.1) is 11.9 Å². The first-order chi connectivity index (χ1) is 11.1. The van der Waals surface area contributed by atoms with Crippen LogP contribution in [0.25, 0.3) is 10.9 Å². The number of aromatic nitrogens is 1. The van der Waals surface area contributed by atoms with Crippen LogP contribution < -0.4 is 0 Å². The van der Waals surface area contributed by atoms with Gasteiger partial charge in [0.25, 0.3) is 0 Å². The third-order valence-electron chi connectivity index (χ3n) is 3.44. The van der Waals surface area contributed by atoms with Crippen molar-refractivity contribution in [1.82, 2.24) is 4.57 Å². The first-order valence-corrected chi connectivity index (χ1v) is 7.07. The van der Waals surface area contributed by atoms with Crippen LogP contribution in [0.3, 0.4) is 0 Å². The van der Waals surface area contributed by atoms with Crippen LogP contribution in [-0.2, 0) is 11.2 Å². The van der Waals surface area contributed by atoms with Crippen molar-refractivity contribution >= 4 is 22.8 Å². The third kappa shape index (κ3) is 3.14. The summed E-state index contributed by atoms with van der Waals surface area (Å²) in [4.78, 5) is 23.4. The number of hydrogen-bond acceptors (Lipinski definition) is 2. The third-order valence-corrected chi connectivity index (χ3v) is 3.44. The van der Waals surface area contributed by atoms with E-state index in [2.05, 4.69) is 11.8 Å². The first-order valence-electron chi connectivity index (χ1n) is 7.07. The van der Waals surface area contributed by atoms with E-state index in [1.165, 1.54) is 4.57 Å². The smallest absolute Gasteiger partial charge is 0.307 e. The Hall–Kier alpha value is -3.32. The van der Waals surface area contributed by atoms with E-state index in [0.29, 0.717) is 11.1 Å². The fourth-order valence-corrected chi connectivity index (χ4v) is 2.43. The molecule has 3 aromatic rings. The number of carbonyl (C=O) groups is 2. The van der Waals surface area contributed by atoms with Crippen molar-refractivity contribution < 1.29 is 14.7 Å². The minimum atomic E-state index is -0.935. The molecule has 2 aromatic carbocycles. The largest absolute Gasteiger partial charge is 0.481 e. The van der Waals surface area contributed by atoms with Crippen LogP contribution in [-0.4, -0.2) is 21.6 Å². The van der Waals surface area contributed by atoms with E-state index in [1.54, 1.807) is 18.3 Å². The summed E-state index contributed by atoms with van der Waals surface area (Å²) in [5, 5.41) is 9.76. The minimum absolute atomic E-state index is 0.132. The molecule has 0 fully saturated rings. The van der Waals surface area contributed by atoms with Crippen LogP contribution in [0.1, 0.15) is 15.9 Å². The number of nitrogens with zero attached hydrogens (tertiary/aromatic N) is 1. The zero-order chi connectivity index (χ0) is 16.2. The molecule has 0 saturated carbocycles. The topological polar surface area (TPSA) is 59.3 Å². The van der Waals surface area contributed by atoms with Crippen LogP contribution in [0.4, 0.5) is 0 Å². The average molecular weight is 303 g/mol. The van der Waals surface area contributed by atoms with Gasteiger partial charge in [0.2, 0.25) is 0 Å². The molecule has 3 rings (SSSR count). The van der Waals surface area contributed by atoms with Gasteiger partial charge in [-0.2, -0.15) is 0 Å². The molecule has 1 N–H and O–H groups in total. The van der Waals surface area contributed by atoms with Gasteiger partial charge >= 0.3 is 11.9 Å². The molecule has 0 aliphatic rings. The number of hydrogen-bond donors (Lipinski definition) is 1. The summed E-state index contributed by atoms with van der Waals surface area (Å²) in [5.41, 5.74) is 2.02. The van der Waals surface area contributed by atoms with Crippen LogP contribution in [0.15, 0.2) is 60.8 Å². The van der Waals surface area contributed by atoms with Crippen molar-refractivity contribution in [3.05, 3.63) is 71.9 Å². The maximum absolute atomic E-state index is 12.4. The minimum Gasteiger partial charge on any atom is -0.481 e. The van der Waals surface area contributed by atoms with Crippen LogP contribution >= 0.6 is 0 Å². The molecule has 0 unspecified atom stereocenters. The lowest BCUT2D eigenvalue weighted by molar-refractivity contribution is -0.136. The van der Waals surface area contributed by atoms with Gasteiger partial charge < -0.3 is 5.11 Å². The van der Waals surface area contributed by atoms with Gasteiger partial charge in [-0.15, -0.1) is 0 Å². The fourth-order valence-electron chi connectivity index (χ4n) is 2.43. The molecule has 23 heavy (non-hydrogen) atoms. The average Bonchev–Trinajstić information content (AvgIpc) is 2.92. The predicted octanol–water partition coefficient (Wildman–Crippen LogP) is 2.96. The molecule has 0 bridgehead atoms. The summed E-state index contributed by atoms with van der Waals surface area (Å²) in [5.74, 6) is 4.10. The molecule has 1 aromatic heterocycles. The molecule has 112 valence electrons. The predicted molar refractivity (Wildman–Crippen MR) is 87.2 cm³/mol. The molecule has 0 spiro atoms. The van der Waals surface area contributed by atoms with Crippen molar-refractivity contribution in [3.63, 3.8) is 0 Å². The molecule has 0 aliphatic carbocycles. The zero-order valence-corrected chi connectivity index (χ0v) is 12.2. The second-order valence-electron chi connectivity index (χ2n) is 5.03. The highest BCUT2D eigenvalue weighted by molar-refractivity contribution is 6.03. The highest BCUT2D eigenvalue weighted by Crippen LogP contribution is 2.21. The van der Waals surface area contributed by atoms with Crippen LogP contribution in [0.2, 0.25) is 0 Å². The second-order valence-corrected chi connectivity index (χ2v) is 5.03. The first kappa shape index (κ1) is 14.6. The second kappa shape index (κ2) is 6.20. The summed E-state index contributed by atoms with van der Waals surface area (Å²) in [6.45, 7) is 0. The van der Waals surface area contributed by atoms with Crippen molar-refractivity contribution in [2.24, 2.45) is 0 Å². The Morgan fingerprint density at radius 3 is 2.43 bits per heavy atom. The van der Waals surface area contributed by atoms with Gasteiger partial charge in [-0.05, 0) is 23.8 Å². The lowest BCUT2D eigenvalue weighted by Crippen LogP contribution is -2.06. The highest BCUT2D eigenvalue weighted by Gasteiger charge is 2.13. The van der Waals surface area contributed by atoms with Gasteiger partial charge in [-0.25, -0.2) is 0 Å². The number of rotatable bonds is 2. The van der Waals surface area contributed by atoms with E-state index >= 15 is 0 Å². The number of para-hydroxylation sites is 1. The molecule has 0 atom stereocenters. The monoisotopic (exact) mass is 303 g/mol. The summed E-state index contributed by atoms with van der Waals surface area (Å²) in [6.07, 6.45) is 1.42. The van der Waals surface area contributed by atoms with Gasteiger partial charge in [-0.3, -0.25) is 14.2 Å². The summed E-state index contributed by atoms with van der Waals surface area (Å²) in [7, 11) is 0. The Kier molecular flexibility index (Phi) is 3.94. The highest BCUT2D eigenvalue weighted by atomic mass is 16.4. The van der Waals surface area contributed by atoms with Crippen LogP contribution in [0.5, 0.6) is 0 Å². The Balaban J connectivity index is 2.01. The molecule has 4 heteroatoms. The Labute approximate surface area is 133 Å². The summed E-state index contributed by atoms with van der Waals surface area (Å²) >= 11 is 0. The van der Waals surface area contributed by atoms with Gasteiger partial charge in [0.1, 0.15) is 0 Å². The van der Waals surface area contributed by atoms with Crippen molar-refractivity contribution in [2.45, 2.75) is 6.42 Å². The van der Waals surface area contributed by atoms with Crippen molar-refractivity contribution in [2.75, 3.05) is 0 Å². The van der Waals surface area contributed by atoms with Crippen molar-refractivity contribution in [1.29, 1.82) is 0 Å². The van der Waals surface area contributed by atoms with E-state index in [1.807, 2.05) is 42.5 Å². The lowest BCUT2D eigenvalue weighted by Gasteiger charge is -1.97. The Bertz CT molecular complexity index is 943. The molecule has 1 heterocycles. The number of fused-ring (bicyclic) bond motifs is 1. The number of carboxylic acid groups (broad SMARTS) is 1. The van der Waals surface area contributed by atoms with Gasteiger partial charge in [-0.1, -0.05) is 42.3 Å². The van der Waals surface area contributed by atoms with E-state index in [0.717, 1.165) is 10.9 Å². The normalized spacial score (nSPS) is 10.1. The molecular weight excluding hydrogens is 290 g/mol. The zero-order valence-electron chi connectivity index (χ0n) is 12.2. The van der Waals surface area contributed by atoms with Crippen LogP contribution in [0, 0.1) is 11.8 Å². The van der Waals surface area contributed by atoms with E-state index < -0.39 is 5.97 Å². The lowest BCUT2D eigenvalue weighted by atomic mass is 10.1. The van der Waals surface area contributed by atoms with Crippen molar-refractivity contribution in [3.8, 4) is 11.8 Å². The standard InChI is InChI=1S/C19H13NO3/c21-18(11-10-14-6-2-1-3-7-14)20-13-15(12-19(22)23)16-8-4-5-9-17(16)20/h1-9,13H,12H2,(H,22,23). The van der Waals surface area contributed by atoms with Gasteiger partial charge in [0, 0.05) is 23.1 Å². The number of benzene rings is 2. The molecule has 0 aliphatic heterocycles. The van der Waals surface area contributed by atoms with Gasteiger partial charge in [0.15, 0.2) is 0 Å². The maximum atomic E-state index is 12.4.